The fourth-order valence-electron chi connectivity index (χ4n) is 1.31. The zero-order valence-corrected chi connectivity index (χ0v) is 7.41. The van der Waals surface area contributed by atoms with Crippen LogP contribution in [0.3, 0.4) is 0 Å². The molecule has 1 N–H and O–H groups in total. The van der Waals surface area contributed by atoms with E-state index in [1.807, 2.05) is 0 Å². The lowest BCUT2D eigenvalue weighted by molar-refractivity contribution is 0.0822. The Labute approximate surface area is 67.5 Å². The van der Waals surface area contributed by atoms with Crippen LogP contribution in [0, 0.1) is 0 Å². The predicted octanol–water partition coefficient (Wildman–Crippen LogP) is 0.519. The van der Waals surface area contributed by atoms with E-state index in [4.69, 9.17) is 11.6 Å². The van der Waals surface area contributed by atoms with E-state index in [-0.39, 0.29) is 0 Å². The summed E-state index contributed by atoms with van der Waals surface area (Å²) in [7, 11) is 4.24. The molecule has 0 spiro atoms. The van der Waals surface area contributed by atoms with Gasteiger partial charge in [0.2, 0.25) is 0 Å². The fraction of sp³-hybridized carbons (Fsp3) is 1.00. The molecule has 0 aliphatic carbocycles. The van der Waals surface area contributed by atoms with Gasteiger partial charge < -0.3 is 10.2 Å². The quantitative estimate of drug-likeness (QED) is 0.609. The molecule has 1 rings (SSSR count). The number of hydrogen-bond donors (Lipinski definition) is 1. The van der Waals surface area contributed by atoms with Crippen LogP contribution >= 0.6 is 11.6 Å². The summed E-state index contributed by atoms with van der Waals surface area (Å²) < 4.78 is 0. The Hall–Kier alpha value is 0.210. The van der Waals surface area contributed by atoms with Crippen LogP contribution in [-0.2, 0) is 0 Å². The van der Waals surface area contributed by atoms with Crippen LogP contribution in [0.2, 0.25) is 0 Å². The van der Waals surface area contributed by atoms with Crippen LogP contribution < -0.4 is 5.32 Å². The first-order valence-corrected chi connectivity index (χ1v) is 4.19. The van der Waals surface area contributed by atoms with Crippen molar-refractivity contribution in [3.8, 4) is 0 Å². The van der Waals surface area contributed by atoms with Crippen molar-refractivity contribution in [3.63, 3.8) is 0 Å². The van der Waals surface area contributed by atoms with Gasteiger partial charge in [0.05, 0.1) is 0 Å². The molecular formula is C7H15ClN2. The van der Waals surface area contributed by atoms with E-state index in [0.29, 0.717) is 5.54 Å². The van der Waals surface area contributed by atoms with Gasteiger partial charge in [0.1, 0.15) is 0 Å². The maximum atomic E-state index is 5.69. The van der Waals surface area contributed by atoms with E-state index < -0.39 is 0 Å². The minimum absolute atomic E-state index is 0.363. The summed E-state index contributed by atoms with van der Waals surface area (Å²) in [5.41, 5.74) is 0.363. The normalized spacial score (nSPS) is 22.8. The van der Waals surface area contributed by atoms with Crippen molar-refractivity contribution >= 4 is 11.6 Å². The van der Waals surface area contributed by atoms with E-state index in [9.17, 15) is 0 Å². The second-order valence-electron chi connectivity index (χ2n) is 3.16. The first-order chi connectivity index (χ1) is 4.71. The lowest BCUT2D eigenvalue weighted by Crippen LogP contribution is -2.67. The Bertz CT molecular complexity index is 110. The van der Waals surface area contributed by atoms with E-state index in [0.717, 1.165) is 25.4 Å². The molecule has 0 saturated carbocycles. The Balaban J connectivity index is 2.42. The SMILES string of the molecule is CN(C)C1(CCCl)CNC1. The molecule has 0 radical (unpaired) electrons. The minimum Gasteiger partial charge on any atom is -0.313 e. The molecule has 60 valence electrons. The third kappa shape index (κ3) is 1.29. The second-order valence-corrected chi connectivity index (χ2v) is 3.54. The van der Waals surface area contributed by atoms with Crippen molar-refractivity contribution in [2.75, 3.05) is 33.1 Å². The molecule has 0 atom stereocenters. The Morgan fingerprint density at radius 1 is 1.50 bits per heavy atom. The lowest BCUT2D eigenvalue weighted by atomic mass is 9.88. The van der Waals surface area contributed by atoms with Gasteiger partial charge in [0, 0.05) is 24.5 Å². The highest BCUT2D eigenvalue weighted by molar-refractivity contribution is 6.17. The molecule has 1 fully saturated rings. The molecular weight excluding hydrogens is 148 g/mol. The van der Waals surface area contributed by atoms with Crippen LogP contribution in [0.15, 0.2) is 0 Å². The minimum atomic E-state index is 0.363. The third-order valence-corrected chi connectivity index (χ3v) is 2.61. The largest absolute Gasteiger partial charge is 0.313 e. The highest BCUT2D eigenvalue weighted by Crippen LogP contribution is 2.21. The smallest absolute Gasteiger partial charge is 0.0463 e. The van der Waals surface area contributed by atoms with Gasteiger partial charge >= 0.3 is 0 Å². The summed E-state index contributed by atoms with van der Waals surface area (Å²) >= 11 is 5.69. The molecule has 1 aliphatic heterocycles. The summed E-state index contributed by atoms with van der Waals surface area (Å²) in [5.74, 6) is 0.764. The molecule has 0 aromatic carbocycles. The highest BCUT2D eigenvalue weighted by atomic mass is 35.5. The number of nitrogens with one attached hydrogen (secondary N) is 1. The maximum Gasteiger partial charge on any atom is 0.0463 e. The first-order valence-electron chi connectivity index (χ1n) is 3.65. The van der Waals surface area contributed by atoms with Crippen molar-refractivity contribution in [1.29, 1.82) is 0 Å². The maximum absolute atomic E-state index is 5.69. The van der Waals surface area contributed by atoms with Gasteiger partial charge in [0.15, 0.2) is 0 Å². The van der Waals surface area contributed by atoms with Gasteiger partial charge in [-0.3, -0.25) is 0 Å². The van der Waals surface area contributed by atoms with Crippen LogP contribution in [0.4, 0.5) is 0 Å². The Morgan fingerprint density at radius 2 is 2.10 bits per heavy atom. The molecule has 0 amide bonds. The van der Waals surface area contributed by atoms with Gasteiger partial charge in [-0.2, -0.15) is 0 Å². The van der Waals surface area contributed by atoms with E-state index in [2.05, 4.69) is 24.3 Å². The Kier molecular flexibility index (Phi) is 2.55. The van der Waals surface area contributed by atoms with Gasteiger partial charge in [0.25, 0.3) is 0 Å². The van der Waals surface area contributed by atoms with Crippen LogP contribution in [0.5, 0.6) is 0 Å². The third-order valence-electron chi connectivity index (χ3n) is 2.42. The van der Waals surface area contributed by atoms with Gasteiger partial charge in [-0.25, -0.2) is 0 Å². The molecule has 1 aliphatic rings. The van der Waals surface area contributed by atoms with Crippen LogP contribution in [-0.4, -0.2) is 43.5 Å². The summed E-state index contributed by atoms with van der Waals surface area (Å²) in [6, 6.07) is 0. The van der Waals surface area contributed by atoms with E-state index >= 15 is 0 Å². The average Bonchev–Trinajstić information content (AvgIpc) is 1.77. The average molecular weight is 163 g/mol. The molecule has 0 bridgehead atoms. The Morgan fingerprint density at radius 3 is 2.20 bits per heavy atom. The number of halogens is 1. The second kappa shape index (κ2) is 3.07. The predicted molar refractivity (Wildman–Crippen MR) is 44.6 cm³/mol. The van der Waals surface area contributed by atoms with Crippen molar-refractivity contribution in [2.24, 2.45) is 0 Å². The van der Waals surface area contributed by atoms with Crippen LogP contribution in [0.25, 0.3) is 0 Å². The van der Waals surface area contributed by atoms with E-state index in [1.165, 1.54) is 0 Å². The fourth-order valence-corrected chi connectivity index (χ4v) is 1.66. The molecule has 0 aromatic rings. The van der Waals surface area contributed by atoms with Gasteiger partial charge in [-0.15, -0.1) is 11.6 Å². The van der Waals surface area contributed by atoms with Gasteiger partial charge in [-0.1, -0.05) is 0 Å². The lowest BCUT2D eigenvalue weighted by Gasteiger charge is -2.47. The summed E-state index contributed by atoms with van der Waals surface area (Å²) in [6.45, 7) is 2.18. The molecule has 3 heteroatoms. The van der Waals surface area contributed by atoms with Crippen molar-refractivity contribution < 1.29 is 0 Å². The van der Waals surface area contributed by atoms with Gasteiger partial charge in [-0.05, 0) is 20.5 Å². The first kappa shape index (κ1) is 8.31. The molecule has 1 saturated heterocycles. The molecule has 0 unspecified atom stereocenters. The summed E-state index contributed by atoms with van der Waals surface area (Å²) in [5, 5.41) is 3.27. The standard InChI is InChI=1S/C7H15ClN2/c1-10(2)7(3-4-8)5-9-6-7/h9H,3-6H2,1-2H3. The molecule has 10 heavy (non-hydrogen) atoms. The molecule has 2 nitrogen and oxygen atoms in total. The summed E-state index contributed by atoms with van der Waals surface area (Å²) in [6.07, 6.45) is 1.09. The monoisotopic (exact) mass is 162 g/mol. The number of alkyl halides is 1. The van der Waals surface area contributed by atoms with Crippen molar-refractivity contribution in [1.82, 2.24) is 10.2 Å². The van der Waals surface area contributed by atoms with Crippen molar-refractivity contribution in [2.45, 2.75) is 12.0 Å². The number of nitrogens with zero attached hydrogens (tertiary/aromatic N) is 1. The number of hydrogen-bond acceptors (Lipinski definition) is 2. The summed E-state index contributed by atoms with van der Waals surface area (Å²) in [4.78, 5) is 2.27. The topological polar surface area (TPSA) is 15.3 Å². The zero-order chi connectivity index (χ0) is 7.61. The number of likely N-dealkylation sites (N-methyl/N-ethyl adjacent to an activating group) is 1. The zero-order valence-electron chi connectivity index (χ0n) is 6.65. The molecule has 1 heterocycles. The molecule has 0 aromatic heterocycles. The number of rotatable bonds is 3. The van der Waals surface area contributed by atoms with Crippen molar-refractivity contribution in [3.05, 3.63) is 0 Å². The van der Waals surface area contributed by atoms with E-state index in [1.54, 1.807) is 0 Å². The van der Waals surface area contributed by atoms with Crippen LogP contribution in [0.1, 0.15) is 6.42 Å². The highest BCUT2D eigenvalue weighted by Gasteiger charge is 2.37.